The number of likely N-dealkylation sites (tertiary alicyclic amines) is 2. The Bertz CT molecular complexity index is 881. The van der Waals surface area contributed by atoms with Crippen molar-refractivity contribution in [2.45, 2.75) is 38.2 Å². The van der Waals surface area contributed by atoms with Gasteiger partial charge in [-0.15, -0.1) is 0 Å². The summed E-state index contributed by atoms with van der Waals surface area (Å²) in [7, 11) is 2.11. The molecule has 1 aromatic heterocycles. The molecule has 27 heavy (non-hydrogen) atoms. The first-order valence-electron chi connectivity index (χ1n) is 10.2. The van der Waals surface area contributed by atoms with Gasteiger partial charge in [0.1, 0.15) is 5.60 Å². The molecule has 5 rings (SSSR count). The van der Waals surface area contributed by atoms with E-state index in [0.717, 1.165) is 58.5 Å². The van der Waals surface area contributed by atoms with Gasteiger partial charge in [0.2, 0.25) is 5.91 Å². The van der Waals surface area contributed by atoms with Gasteiger partial charge in [-0.3, -0.25) is 4.79 Å². The van der Waals surface area contributed by atoms with Crippen LogP contribution in [0.5, 0.6) is 0 Å². The highest BCUT2D eigenvalue weighted by atomic mass is 16.5. The fraction of sp³-hybridized carbons (Fsp3) is 0.591. The number of para-hydroxylation sites is 1. The van der Waals surface area contributed by atoms with Gasteiger partial charge in [0.15, 0.2) is 0 Å². The Morgan fingerprint density at radius 2 is 1.93 bits per heavy atom. The quantitative estimate of drug-likeness (QED) is 0.843. The van der Waals surface area contributed by atoms with E-state index in [9.17, 15) is 4.79 Å². The van der Waals surface area contributed by atoms with Crippen molar-refractivity contribution in [2.75, 3.05) is 39.8 Å². The second kappa shape index (κ2) is 6.08. The summed E-state index contributed by atoms with van der Waals surface area (Å²) in [5, 5.41) is 1.33. The number of hydrogen-bond donors (Lipinski definition) is 1. The summed E-state index contributed by atoms with van der Waals surface area (Å²) in [6.45, 7) is 6.36. The Morgan fingerprint density at radius 1 is 1.15 bits per heavy atom. The molecule has 1 N–H and O–H groups in total. The van der Waals surface area contributed by atoms with Gasteiger partial charge in [-0.05, 0) is 57.8 Å². The highest BCUT2D eigenvalue weighted by molar-refractivity contribution is 5.85. The van der Waals surface area contributed by atoms with Crippen molar-refractivity contribution < 1.29 is 9.53 Å². The fourth-order valence-corrected chi connectivity index (χ4v) is 5.48. The summed E-state index contributed by atoms with van der Waals surface area (Å²) in [4.78, 5) is 21.2. The maximum Gasteiger partial charge on any atom is 0.229 e. The number of benzene rings is 1. The molecule has 0 bridgehead atoms. The Hall–Kier alpha value is -1.85. The van der Waals surface area contributed by atoms with Crippen LogP contribution in [-0.2, 0) is 21.6 Å². The molecule has 0 saturated carbocycles. The summed E-state index contributed by atoms with van der Waals surface area (Å²) in [6, 6.07) is 8.55. The van der Waals surface area contributed by atoms with Gasteiger partial charge >= 0.3 is 0 Å². The molecule has 0 aliphatic carbocycles. The van der Waals surface area contributed by atoms with Crippen molar-refractivity contribution in [3.8, 4) is 0 Å². The maximum atomic E-state index is 13.2. The van der Waals surface area contributed by atoms with E-state index in [4.69, 9.17) is 4.74 Å². The van der Waals surface area contributed by atoms with Gasteiger partial charge in [0.05, 0.1) is 17.7 Å². The number of fused-ring (bicyclic) bond motifs is 4. The number of H-pyrrole nitrogens is 1. The molecule has 1 unspecified atom stereocenters. The number of amides is 1. The number of rotatable bonds is 1. The first-order valence-corrected chi connectivity index (χ1v) is 10.2. The van der Waals surface area contributed by atoms with Crippen molar-refractivity contribution in [3.63, 3.8) is 0 Å². The lowest BCUT2D eigenvalue weighted by atomic mass is 9.81. The maximum absolute atomic E-state index is 13.2. The summed E-state index contributed by atoms with van der Waals surface area (Å²) in [5.74, 6) is 0.328. The minimum Gasteiger partial charge on any atom is -0.368 e. The Labute approximate surface area is 160 Å². The Kier molecular flexibility index (Phi) is 3.89. The van der Waals surface area contributed by atoms with E-state index >= 15 is 0 Å². The largest absolute Gasteiger partial charge is 0.368 e. The van der Waals surface area contributed by atoms with E-state index in [1.165, 1.54) is 22.2 Å². The van der Waals surface area contributed by atoms with E-state index in [1.807, 2.05) is 0 Å². The second-order valence-electron chi connectivity index (χ2n) is 8.96. The van der Waals surface area contributed by atoms with Gasteiger partial charge in [0.25, 0.3) is 0 Å². The molecule has 1 atom stereocenters. The van der Waals surface area contributed by atoms with Crippen LogP contribution in [0.1, 0.15) is 37.4 Å². The molecule has 1 spiro atoms. The molecule has 0 radical (unpaired) electrons. The molecule has 1 aromatic carbocycles. The number of nitrogens with one attached hydrogen (secondary N) is 1. The average Bonchev–Trinajstić information content (AvgIpc) is 3.24. The second-order valence-corrected chi connectivity index (χ2v) is 8.96. The van der Waals surface area contributed by atoms with Crippen LogP contribution in [0.3, 0.4) is 0 Å². The minimum atomic E-state index is -0.253. The van der Waals surface area contributed by atoms with Crippen LogP contribution in [0.25, 0.3) is 10.9 Å². The highest BCUT2D eigenvalue weighted by Gasteiger charge is 2.47. The molecule has 144 valence electrons. The monoisotopic (exact) mass is 367 g/mol. The third-order valence-corrected chi connectivity index (χ3v) is 7.04. The normalized spacial score (nSPS) is 28.0. The fourth-order valence-electron chi connectivity index (χ4n) is 5.48. The molecule has 3 aliphatic heterocycles. The van der Waals surface area contributed by atoms with Crippen LogP contribution >= 0.6 is 0 Å². The van der Waals surface area contributed by atoms with Gasteiger partial charge in [-0.25, -0.2) is 0 Å². The van der Waals surface area contributed by atoms with E-state index < -0.39 is 0 Å². The zero-order valence-electron chi connectivity index (χ0n) is 16.4. The van der Waals surface area contributed by atoms with Crippen molar-refractivity contribution in [3.05, 3.63) is 35.5 Å². The van der Waals surface area contributed by atoms with Gasteiger partial charge in [-0.2, -0.15) is 0 Å². The molecule has 5 nitrogen and oxygen atoms in total. The van der Waals surface area contributed by atoms with Crippen molar-refractivity contribution in [2.24, 2.45) is 5.41 Å². The third kappa shape index (κ3) is 2.63. The molecule has 2 saturated heterocycles. The lowest BCUT2D eigenvalue weighted by Gasteiger charge is -2.45. The van der Waals surface area contributed by atoms with E-state index in [0.29, 0.717) is 5.91 Å². The van der Waals surface area contributed by atoms with E-state index in [2.05, 4.69) is 53.0 Å². The summed E-state index contributed by atoms with van der Waals surface area (Å²) >= 11 is 0. The Morgan fingerprint density at radius 3 is 2.67 bits per heavy atom. The van der Waals surface area contributed by atoms with Crippen LogP contribution < -0.4 is 0 Å². The van der Waals surface area contributed by atoms with Crippen molar-refractivity contribution >= 4 is 16.8 Å². The molecular weight excluding hydrogens is 338 g/mol. The molecule has 1 amide bonds. The van der Waals surface area contributed by atoms with Crippen molar-refractivity contribution in [1.82, 2.24) is 14.8 Å². The third-order valence-electron chi connectivity index (χ3n) is 7.04. The van der Waals surface area contributed by atoms with Crippen LogP contribution in [0.4, 0.5) is 0 Å². The lowest BCUT2D eigenvalue weighted by Crippen LogP contribution is -2.52. The van der Waals surface area contributed by atoms with Crippen LogP contribution in [0.15, 0.2) is 24.3 Å². The number of ether oxygens (including phenoxy) is 1. The number of aromatic amines is 1. The Balaban J connectivity index is 1.39. The summed E-state index contributed by atoms with van der Waals surface area (Å²) in [5.41, 5.74) is 3.40. The van der Waals surface area contributed by atoms with Gasteiger partial charge in [0, 0.05) is 30.5 Å². The van der Waals surface area contributed by atoms with Crippen LogP contribution in [0, 0.1) is 5.41 Å². The minimum absolute atomic E-state index is 0.223. The van der Waals surface area contributed by atoms with Crippen LogP contribution in [-0.4, -0.2) is 60.5 Å². The number of hydrogen-bond acceptors (Lipinski definition) is 3. The molecule has 5 heteroatoms. The topological polar surface area (TPSA) is 48.6 Å². The summed E-state index contributed by atoms with van der Waals surface area (Å²) < 4.78 is 6.38. The first-order chi connectivity index (χ1) is 13.0. The molecule has 4 heterocycles. The molecule has 2 aromatic rings. The number of carbonyl (C=O) groups excluding carboxylic acids is 1. The molecule has 2 fully saturated rings. The van der Waals surface area contributed by atoms with Gasteiger partial charge < -0.3 is 19.5 Å². The average molecular weight is 367 g/mol. The number of carbonyl (C=O) groups is 1. The van der Waals surface area contributed by atoms with Gasteiger partial charge in [-0.1, -0.05) is 18.2 Å². The number of nitrogens with zero attached hydrogens (tertiary/aromatic N) is 2. The predicted molar refractivity (Wildman–Crippen MR) is 106 cm³/mol. The first kappa shape index (κ1) is 17.3. The SMILES string of the molecule is CN1CCC(C)(C(=O)N2CCC3(CC2)OCCc2c3[nH]c3ccccc23)C1. The zero-order chi connectivity index (χ0) is 18.6. The standard InChI is InChI=1S/C22H29N3O2/c1-21(8-11-24(2)15-21)20(26)25-12-9-22(10-13-25)19-17(7-14-27-22)16-5-3-4-6-18(16)23-19/h3-6,23H,7-15H2,1-2H3. The molecule has 3 aliphatic rings. The zero-order valence-corrected chi connectivity index (χ0v) is 16.4. The van der Waals surface area contributed by atoms with E-state index in [1.54, 1.807) is 0 Å². The predicted octanol–water partition coefficient (Wildman–Crippen LogP) is 2.90. The summed E-state index contributed by atoms with van der Waals surface area (Å²) in [6.07, 6.45) is 3.69. The smallest absolute Gasteiger partial charge is 0.229 e. The van der Waals surface area contributed by atoms with Crippen LogP contribution in [0.2, 0.25) is 0 Å². The lowest BCUT2D eigenvalue weighted by molar-refractivity contribution is -0.149. The highest BCUT2D eigenvalue weighted by Crippen LogP contribution is 2.44. The number of piperidine rings is 1. The number of aromatic nitrogens is 1. The van der Waals surface area contributed by atoms with Crippen molar-refractivity contribution in [1.29, 1.82) is 0 Å². The van der Waals surface area contributed by atoms with E-state index in [-0.39, 0.29) is 11.0 Å². The molecular formula is C22H29N3O2.